The van der Waals surface area contributed by atoms with E-state index in [1.165, 1.54) is 6.07 Å². The minimum atomic E-state index is -0.230. The summed E-state index contributed by atoms with van der Waals surface area (Å²) in [5, 5.41) is 7.48. The first kappa shape index (κ1) is 13.2. The maximum absolute atomic E-state index is 14.0. The Labute approximate surface area is 114 Å². The van der Waals surface area contributed by atoms with Crippen molar-refractivity contribution in [3.05, 3.63) is 39.9 Å². The van der Waals surface area contributed by atoms with Crippen LogP contribution in [-0.2, 0) is 13.6 Å². The number of hydrogen-bond acceptors (Lipinski definition) is 2. The molecule has 1 N–H and O–H groups in total. The predicted molar refractivity (Wildman–Crippen MR) is 73.8 cm³/mol. The average Bonchev–Trinajstić information content (AvgIpc) is 2.59. The van der Waals surface area contributed by atoms with E-state index < -0.39 is 0 Å². The molecule has 0 saturated heterocycles. The zero-order valence-corrected chi connectivity index (χ0v) is 12.2. The third kappa shape index (κ3) is 2.33. The Bertz CT molecular complexity index is 578. The molecule has 0 bridgehead atoms. The Balaban J connectivity index is 2.65. The summed E-state index contributed by atoms with van der Waals surface area (Å²) in [6.45, 7) is 2.56. The highest BCUT2D eigenvalue weighted by Crippen LogP contribution is 2.31. The van der Waals surface area contributed by atoms with Gasteiger partial charge in [-0.1, -0.05) is 15.9 Å². The molecule has 0 aliphatic carbocycles. The monoisotopic (exact) mass is 311 g/mol. The van der Waals surface area contributed by atoms with Gasteiger partial charge in [-0.25, -0.2) is 4.39 Å². The SMILES string of the molecule is CNCc1nn(C)c(C)c1-c1cc(Br)ccc1F. The normalized spacial score (nSPS) is 10.9. The molecular formula is C13H15BrFN3. The van der Waals surface area contributed by atoms with E-state index in [2.05, 4.69) is 26.3 Å². The molecule has 0 atom stereocenters. The topological polar surface area (TPSA) is 29.9 Å². The lowest BCUT2D eigenvalue weighted by Crippen LogP contribution is -2.07. The number of hydrogen-bond donors (Lipinski definition) is 1. The minimum Gasteiger partial charge on any atom is -0.314 e. The minimum absolute atomic E-state index is 0.230. The van der Waals surface area contributed by atoms with Gasteiger partial charge in [0.2, 0.25) is 0 Å². The highest BCUT2D eigenvalue weighted by atomic mass is 79.9. The van der Waals surface area contributed by atoms with E-state index in [4.69, 9.17) is 0 Å². The Morgan fingerprint density at radius 2 is 2.17 bits per heavy atom. The number of benzene rings is 1. The van der Waals surface area contributed by atoms with Crippen LogP contribution in [0.5, 0.6) is 0 Å². The number of rotatable bonds is 3. The quantitative estimate of drug-likeness (QED) is 0.944. The third-order valence-electron chi connectivity index (χ3n) is 2.95. The van der Waals surface area contributed by atoms with E-state index in [0.29, 0.717) is 12.1 Å². The third-order valence-corrected chi connectivity index (χ3v) is 3.44. The van der Waals surface area contributed by atoms with Crippen LogP contribution in [0.25, 0.3) is 11.1 Å². The number of nitrogens with zero attached hydrogens (tertiary/aromatic N) is 2. The van der Waals surface area contributed by atoms with Gasteiger partial charge in [0.05, 0.1) is 5.69 Å². The Morgan fingerprint density at radius 1 is 1.44 bits per heavy atom. The fraction of sp³-hybridized carbons (Fsp3) is 0.308. The molecular weight excluding hydrogens is 297 g/mol. The first-order chi connectivity index (χ1) is 8.54. The number of nitrogens with one attached hydrogen (secondary N) is 1. The van der Waals surface area contributed by atoms with Gasteiger partial charge < -0.3 is 5.32 Å². The second kappa shape index (κ2) is 5.20. The van der Waals surface area contributed by atoms with Crippen LogP contribution in [0.4, 0.5) is 4.39 Å². The Kier molecular flexibility index (Phi) is 3.82. The maximum Gasteiger partial charge on any atom is 0.131 e. The van der Waals surface area contributed by atoms with Crippen molar-refractivity contribution in [3.63, 3.8) is 0 Å². The van der Waals surface area contributed by atoms with Crippen LogP contribution in [0.2, 0.25) is 0 Å². The van der Waals surface area contributed by atoms with Crippen LogP contribution in [0.3, 0.4) is 0 Å². The van der Waals surface area contributed by atoms with Gasteiger partial charge in [-0.3, -0.25) is 4.68 Å². The molecule has 5 heteroatoms. The molecule has 1 aromatic carbocycles. The van der Waals surface area contributed by atoms with Crippen molar-refractivity contribution in [1.82, 2.24) is 15.1 Å². The van der Waals surface area contributed by atoms with E-state index in [1.807, 2.05) is 21.0 Å². The van der Waals surface area contributed by atoms with Crippen molar-refractivity contribution < 1.29 is 4.39 Å². The van der Waals surface area contributed by atoms with Gasteiger partial charge in [-0.15, -0.1) is 0 Å². The largest absolute Gasteiger partial charge is 0.314 e. The summed E-state index contributed by atoms with van der Waals surface area (Å²) in [7, 11) is 3.72. The van der Waals surface area contributed by atoms with Crippen molar-refractivity contribution in [2.45, 2.75) is 13.5 Å². The molecule has 2 rings (SSSR count). The van der Waals surface area contributed by atoms with Crippen molar-refractivity contribution in [1.29, 1.82) is 0 Å². The summed E-state index contributed by atoms with van der Waals surface area (Å²) in [5.41, 5.74) is 3.26. The van der Waals surface area contributed by atoms with Crippen LogP contribution in [-0.4, -0.2) is 16.8 Å². The Hall–Kier alpha value is -1.20. The number of halogens is 2. The second-order valence-electron chi connectivity index (χ2n) is 4.19. The van der Waals surface area contributed by atoms with E-state index in [0.717, 1.165) is 21.4 Å². The maximum atomic E-state index is 14.0. The first-order valence-corrected chi connectivity index (χ1v) is 6.46. The average molecular weight is 312 g/mol. The molecule has 0 aliphatic heterocycles. The van der Waals surface area contributed by atoms with Gasteiger partial charge >= 0.3 is 0 Å². The lowest BCUT2D eigenvalue weighted by atomic mass is 10.0. The molecule has 0 radical (unpaired) electrons. The zero-order valence-electron chi connectivity index (χ0n) is 10.6. The molecule has 96 valence electrons. The second-order valence-corrected chi connectivity index (χ2v) is 5.10. The molecule has 18 heavy (non-hydrogen) atoms. The number of aryl methyl sites for hydroxylation is 1. The number of aromatic nitrogens is 2. The summed E-state index contributed by atoms with van der Waals surface area (Å²) in [5.74, 6) is -0.230. The first-order valence-electron chi connectivity index (χ1n) is 5.67. The van der Waals surface area contributed by atoms with E-state index in [-0.39, 0.29) is 5.82 Å². The summed E-state index contributed by atoms with van der Waals surface area (Å²) >= 11 is 3.38. The molecule has 0 unspecified atom stereocenters. The van der Waals surface area contributed by atoms with Gasteiger partial charge in [0.15, 0.2) is 0 Å². The summed E-state index contributed by atoms with van der Waals surface area (Å²) < 4.78 is 16.6. The summed E-state index contributed by atoms with van der Waals surface area (Å²) in [6, 6.07) is 4.95. The van der Waals surface area contributed by atoms with Gasteiger partial charge in [0.1, 0.15) is 5.82 Å². The molecule has 0 spiro atoms. The summed E-state index contributed by atoms with van der Waals surface area (Å²) in [4.78, 5) is 0. The van der Waals surface area contributed by atoms with Crippen LogP contribution in [0.15, 0.2) is 22.7 Å². The van der Waals surface area contributed by atoms with Gasteiger partial charge in [-0.05, 0) is 32.2 Å². The van der Waals surface area contributed by atoms with Gasteiger partial charge in [-0.2, -0.15) is 5.10 Å². The van der Waals surface area contributed by atoms with E-state index in [9.17, 15) is 4.39 Å². The van der Waals surface area contributed by atoms with Crippen molar-refractivity contribution in [3.8, 4) is 11.1 Å². The van der Waals surface area contributed by atoms with Crippen molar-refractivity contribution >= 4 is 15.9 Å². The highest BCUT2D eigenvalue weighted by molar-refractivity contribution is 9.10. The van der Waals surface area contributed by atoms with Crippen LogP contribution in [0.1, 0.15) is 11.4 Å². The molecule has 0 fully saturated rings. The van der Waals surface area contributed by atoms with Gasteiger partial charge in [0, 0.05) is 34.9 Å². The molecule has 1 aromatic heterocycles. The Morgan fingerprint density at radius 3 is 2.83 bits per heavy atom. The fourth-order valence-electron chi connectivity index (χ4n) is 2.01. The van der Waals surface area contributed by atoms with E-state index in [1.54, 1.807) is 16.8 Å². The molecule has 0 aliphatic rings. The molecule has 0 amide bonds. The molecule has 0 saturated carbocycles. The van der Waals surface area contributed by atoms with Crippen LogP contribution >= 0.6 is 15.9 Å². The lowest BCUT2D eigenvalue weighted by Gasteiger charge is -2.06. The fourth-order valence-corrected chi connectivity index (χ4v) is 2.37. The summed E-state index contributed by atoms with van der Waals surface area (Å²) in [6.07, 6.45) is 0. The zero-order chi connectivity index (χ0) is 13.3. The van der Waals surface area contributed by atoms with Crippen molar-refractivity contribution in [2.24, 2.45) is 7.05 Å². The molecule has 3 nitrogen and oxygen atoms in total. The molecule has 2 aromatic rings. The molecule has 1 heterocycles. The predicted octanol–water partition coefficient (Wildman–Crippen LogP) is 3.02. The van der Waals surface area contributed by atoms with Crippen molar-refractivity contribution in [2.75, 3.05) is 7.05 Å². The van der Waals surface area contributed by atoms with E-state index >= 15 is 0 Å². The van der Waals surface area contributed by atoms with Crippen LogP contribution < -0.4 is 5.32 Å². The lowest BCUT2D eigenvalue weighted by molar-refractivity contribution is 0.630. The van der Waals surface area contributed by atoms with Gasteiger partial charge in [0.25, 0.3) is 0 Å². The smallest absolute Gasteiger partial charge is 0.131 e. The standard InChI is InChI=1S/C13H15BrFN3/c1-8-13(12(7-16-2)17-18(8)3)10-6-9(14)4-5-11(10)15/h4-6,16H,7H2,1-3H3. The van der Waals surface area contributed by atoms with Crippen LogP contribution in [0, 0.1) is 12.7 Å². The highest BCUT2D eigenvalue weighted by Gasteiger charge is 2.17.